The molecule has 25 heavy (non-hydrogen) atoms. The molecule has 0 bridgehead atoms. The number of para-hydroxylation sites is 1. The van der Waals surface area contributed by atoms with Crippen molar-refractivity contribution in [2.24, 2.45) is 0 Å². The summed E-state index contributed by atoms with van der Waals surface area (Å²) in [7, 11) is 0. The lowest BCUT2D eigenvalue weighted by atomic mass is 10.2. The maximum absolute atomic E-state index is 12.3. The van der Waals surface area contributed by atoms with Gasteiger partial charge in [0.15, 0.2) is 6.61 Å². The molecule has 0 fully saturated rings. The van der Waals surface area contributed by atoms with Crippen LogP contribution in [0.3, 0.4) is 0 Å². The minimum Gasteiger partial charge on any atom is -0.452 e. The third kappa shape index (κ3) is 4.09. The minimum absolute atomic E-state index is 0.269. The molecular weight excluding hydrogens is 336 g/mol. The van der Waals surface area contributed by atoms with E-state index in [2.05, 4.69) is 5.32 Å². The van der Waals surface area contributed by atoms with E-state index in [4.69, 9.17) is 4.74 Å². The number of aromatic nitrogens is 1. The number of hydrogen-bond donors (Lipinski definition) is 1. The number of fused-ring (bicyclic) bond motifs is 1. The van der Waals surface area contributed by atoms with Crippen molar-refractivity contribution < 1.29 is 14.3 Å². The first-order valence-electron chi connectivity index (χ1n) is 8.23. The fourth-order valence-electron chi connectivity index (χ4n) is 2.71. The third-order valence-corrected chi connectivity index (χ3v) is 4.89. The molecule has 3 rings (SSSR count). The highest BCUT2D eigenvalue weighted by atomic mass is 32.1. The number of ether oxygens (including phenoxy) is 1. The Balaban J connectivity index is 1.55. The Morgan fingerprint density at radius 3 is 2.80 bits per heavy atom. The summed E-state index contributed by atoms with van der Waals surface area (Å²) < 4.78 is 7.17. The van der Waals surface area contributed by atoms with Crippen molar-refractivity contribution in [2.75, 3.05) is 13.2 Å². The minimum atomic E-state index is -0.475. The van der Waals surface area contributed by atoms with Gasteiger partial charge in [0.05, 0.1) is 5.56 Å². The molecule has 0 radical (unpaired) electrons. The van der Waals surface area contributed by atoms with E-state index < -0.39 is 5.97 Å². The first kappa shape index (κ1) is 17.2. The van der Waals surface area contributed by atoms with Crippen molar-refractivity contribution in [3.8, 4) is 0 Å². The second-order valence-corrected chi connectivity index (χ2v) is 6.63. The molecule has 6 heteroatoms. The van der Waals surface area contributed by atoms with Gasteiger partial charge in [0.25, 0.3) is 5.91 Å². The zero-order valence-corrected chi connectivity index (χ0v) is 14.8. The summed E-state index contributed by atoms with van der Waals surface area (Å²) in [5.74, 6) is -0.763. The number of carbonyl (C=O) groups excluding carboxylic acids is 2. The summed E-state index contributed by atoms with van der Waals surface area (Å²) in [4.78, 5) is 25.4. The number of esters is 1. The Bertz CT molecular complexity index is 868. The van der Waals surface area contributed by atoms with Gasteiger partial charge < -0.3 is 14.6 Å². The van der Waals surface area contributed by atoms with E-state index >= 15 is 0 Å². The molecule has 1 N–H and O–H groups in total. The standard InChI is InChI=1S/C19H20N2O3S/c1-2-21-12-16(15-7-3-4-8-17(15)21)19(23)24-13-18(22)20-10-9-14-6-5-11-25-14/h3-8,11-12H,2,9-10,13H2,1H3,(H,20,22). The van der Waals surface area contributed by atoms with Gasteiger partial charge >= 0.3 is 5.97 Å². The third-order valence-electron chi connectivity index (χ3n) is 3.96. The van der Waals surface area contributed by atoms with Crippen LogP contribution in [0, 0.1) is 0 Å². The molecule has 3 aromatic rings. The summed E-state index contributed by atoms with van der Waals surface area (Å²) >= 11 is 1.66. The van der Waals surface area contributed by atoms with Crippen LogP contribution in [0.2, 0.25) is 0 Å². The highest BCUT2D eigenvalue weighted by Gasteiger charge is 2.16. The van der Waals surface area contributed by atoms with E-state index in [1.54, 1.807) is 17.5 Å². The molecule has 0 saturated carbocycles. The molecule has 1 amide bonds. The Morgan fingerprint density at radius 1 is 1.20 bits per heavy atom. The number of nitrogens with zero attached hydrogens (tertiary/aromatic N) is 1. The maximum atomic E-state index is 12.3. The molecule has 2 aromatic heterocycles. The van der Waals surface area contributed by atoms with Crippen LogP contribution in [-0.4, -0.2) is 29.6 Å². The second-order valence-electron chi connectivity index (χ2n) is 5.60. The average Bonchev–Trinajstić information content (AvgIpc) is 3.27. The molecule has 1 aromatic carbocycles. The van der Waals surface area contributed by atoms with Gasteiger partial charge in [-0.05, 0) is 30.9 Å². The first-order valence-corrected chi connectivity index (χ1v) is 9.11. The molecule has 0 saturated heterocycles. The van der Waals surface area contributed by atoms with Gasteiger partial charge in [0, 0.05) is 35.1 Å². The lowest BCUT2D eigenvalue weighted by molar-refractivity contribution is -0.124. The summed E-state index contributed by atoms with van der Waals surface area (Å²) in [6.45, 7) is 3.04. The lowest BCUT2D eigenvalue weighted by Crippen LogP contribution is -2.30. The van der Waals surface area contributed by atoms with Crippen molar-refractivity contribution in [3.63, 3.8) is 0 Å². The summed E-state index contributed by atoms with van der Waals surface area (Å²) in [5.41, 5.74) is 1.47. The van der Waals surface area contributed by atoms with Crippen LogP contribution < -0.4 is 5.32 Å². The van der Waals surface area contributed by atoms with Gasteiger partial charge in [0.2, 0.25) is 0 Å². The van der Waals surface area contributed by atoms with Gasteiger partial charge in [-0.1, -0.05) is 24.3 Å². The van der Waals surface area contributed by atoms with E-state index in [9.17, 15) is 9.59 Å². The van der Waals surface area contributed by atoms with Gasteiger partial charge in [0.1, 0.15) is 0 Å². The predicted molar refractivity (Wildman–Crippen MR) is 98.9 cm³/mol. The fourth-order valence-corrected chi connectivity index (χ4v) is 3.42. The van der Waals surface area contributed by atoms with Gasteiger partial charge in [-0.3, -0.25) is 4.79 Å². The second kappa shape index (κ2) is 7.98. The highest BCUT2D eigenvalue weighted by Crippen LogP contribution is 2.22. The number of benzene rings is 1. The molecule has 0 aliphatic heterocycles. The average molecular weight is 356 g/mol. The van der Waals surface area contributed by atoms with Gasteiger partial charge in [-0.2, -0.15) is 0 Å². The van der Waals surface area contributed by atoms with Gasteiger partial charge in [-0.15, -0.1) is 11.3 Å². The van der Waals surface area contributed by atoms with Crippen LogP contribution in [0.4, 0.5) is 0 Å². The SMILES string of the molecule is CCn1cc(C(=O)OCC(=O)NCCc2cccs2)c2ccccc21. The Hall–Kier alpha value is -2.60. The number of thiophene rings is 1. The summed E-state index contributed by atoms with van der Waals surface area (Å²) in [6.07, 6.45) is 2.56. The van der Waals surface area contributed by atoms with Crippen LogP contribution in [0.25, 0.3) is 10.9 Å². The van der Waals surface area contributed by atoms with Crippen LogP contribution in [-0.2, 0) is 22.5 Å². The molecular formula is C19H20N2O3S. The zero-order chi connectivity index (χ0) is 17.6. The smallest absolute Gasteiger partial charge is 0.340 e. The van der Waals surface area contributed by atoms with E-state index in [0.29, 0.717) is 12.1 Å². The van der Waals surface area contributed by atoms with Crippen LogP contribution in [0.1, 0.15) is 22.2 Å². The van der Waals surface area contributed by atoms with Crippen LogP contribution in [0.15, 0.2) is 48.0 Å². The number of hydrogen-bond acceptors (Lipinski definition) is 4. The monoisotopic (exact) mass is 356 g/mol. The molecule has 0 atom stereocenters. The Morgan fingerprint density at radius 2 is 2.04 bits per heavy atom. The zero-order valence-electron chi connectivity index (χ0n) is 14.0. The quantitative estimate of drug-likeness (QED) is 0.661. The molecule has 130 valence electrons. The van der Waals surface area contributed by atoms with Gasteiger partial charge in [-0.25, -0.2) is 4.79 Å². The van der Waals surface area contributed by atoms with Crippen molar-refractivity contribution in [3.05, 3.63) is 58.4 Å². The number of amides is 1. The van der Waals surface area contributed by atoms with Crippen molar-refractivity contribution >= 4 is 34.1 Å². The van der Waals surface area contributed by atoms with Crippen LogP contribution >= 0.6 is 11.3 Å². The van der Waals surface area contributed by atoms with E-state index in [-0.39, 0.29) is 12.5 Å². The Labute approximate surface area is 150 Å². The number of rotatable bonds is 7. The maximum Gasteiger partial charge on any atom is 0.340 e. The van der Waals surface area contributed by atoms with Crippen molar-refractivity contribution in [1.29, 1.82) is 0 Å². The molecule has 5 nitrogen and oxygen atoms in total. The molecule has 0 spiro atoms. The normalized spacial score (nSPS) is 10.8. The summed E-state index contributed by atoms with van der Waals surface area (Å²) in [6, 6.07) is 11.7. The molecule has 0 aliphatic carbocycles. The predicted octanol–water partition coefficient (Wildman–Crippen LogP) is 3.24. The molecule has 0 unspecified atom stereocenters. The first-order chi connectivity index (χ1) is 12.2. The van der Waals surface area contributed by atoms with E-state index in [0.717, 1.165) is 23.9 Å². The highest BCUT2D eigenvalue weighted by molar-refractivity contribution is 7.09. The topological polar surface area (TPSA) is 60.3 Å². The molecule has 0 aliphatic rings. The number of carbonyl (C=O) groups is 2. The van der Waals surface area contributed by atoms with E-state index in [1.165, 1.54) is 4.88 Å². The van der Waals surface area contributed by atoms with E-state index in [1.807, 2.05) is 53.3 Å². The largest absolute Gasteiger partial charge is 0.452 e. The molecule has 2 heterocycles. The fraction of sp³-hybridized carbons (Fsp3) is 0.263. The summed E-state index contributed by atoms with van der Waals surface area (Å²) in [5, 5.41) is 5.61. The Kier molecular flexibility index (Phi) is 5.50. The van der Waals surface area contributed by atoms with Crippen LogP contribution in [0.5, 0.6) is 0 Å². The lowest BCUT2D eigenvalue weighted by Gasteiger charge is -2.05. The van der Waals surface area contributed by atoms with Crippen molar-refractivity contribution in [2.45, 2.75) is 19.9 Å². The number of aryl methyl sites for hydroxylation is 1. The van der Waals surface area contributed by atoms with Crippen molar-refractivity contribution in [1.82, 2.24) is 9.88 Å². The number of nitrogens with one attached hydrogen (secondary N) is 1.